The lowest BCUT2D eigenvalue weighted by Crippen LogP contribution is -2.27. The molecule has 2 heterocycles. The van der Waals surface area contributed by atoms with E-state index >= 15 is 0 Å². The lowest BCUT2D eigenvalue weighted by molar-refractivity contribution is 0.0774. The van der Waals surface area contributed by atoms with Gasteiger partial charge in [0.2, 0.25) is 5.89 Å². The van der Waals surface area contributed by atoms with Crippen LogP contribution in [0, 0.1) is 0 Å². The maximum atomic E-state index is 12.2. The van der Waals surface area contributed by atoms with Crippen molar-refractivity contribution < 1.29 is 14.4 Å². The molecule has 0 bridgehead atoms. The Labute approximate surface area is 116 Å². The van der Waals surface area contributed by atoms with Crippen LogP contribution in [-0.4, -0.2) is 38.1 Å². The van der Waals surface area contributed by atoms with Crippen LogP contribution in [0.5, 0.6) is 0 Å². The van der Waals surface area contributed by atoms with Gasteiger partial charge in [0.25, 0.3) is 5.91 Å². The molecule has 0 aliphatic carbocycles. The molecule has 2 rings (SSSR count). The zero-order chi connectivity index (χ0) is 14.5. The van der Waals surface area contributed by atoms with Gasteiger partial charge in [-0.3, -0.25) is 9.78 Å². The minimum atomic E-state index is -0.261. The number of carbonyl (C=O) groups is 1. The molecule has 0 saturated heterocycles. The zero-order valence-electron chi connectivity index (χ0n) is 11.4. The third-order valence-electron chi connectivity index (χ3n) is 2.76. The van der Waals surface area contributed by atoms with Crippen molar-refractivity contribution in [3.05, 3.63) is 41.3 Å². The average Bonchev–Trinajstić information content (AvgIpc) is 2.94. The molecule has 2 aromatic heterocycles. The van der Waals surface area contributed by atoms with Crippen LogP contribution in [0.2, 0.25) is 0 Å². The van der Waals surface area contributed by atoms with Gasteiger partial charge >= 0.3 is 0 Å². The van der Waals surface area contributed by atoms with E-state index in [-0.39, 0.29) is 24.8 Å². The van der Waals surface area contributed by atoms with E-state index in [4.69, 9.17) is 9.63 Å². The molecule has 2 aromatic rings. The predicted octanol–water partition coefficient (Wildman–Crippen LogP) is 0.791. The monoisotopic (exact) mass is 276 g/mol. The minimum absolute atomic E-state index is 0.128. The lowest BCUT2D eigenvalue weighted by atomic mass is 10.2. The number of rotatable bonds is 5. The summed E-state index contributed by atoms with van der Waals surface area (Å²) in [6.07, 6.45) is 2.15. The zero-order valence-corrected chi connectivity index (χ0v) is 11.4. The van der Waals surface area contributed by atoms with E-state index in [1.54, 1.807) is 19.2 Å². The molecule has 1 N–H and O–H groups in total. The number of hydrogen-bond acceptors (Lipinski definition) is 6. The van der Waals surface area contributed by atoms with Crippen LogP contribution in [0.1, 0.15) is 34.7 Å². The Balaban J connectivity index is 2.07. The molecule has 1 amide bonds. The molecule has 0 aromatic carbocycles. The first kappa shape index (κ1) is 14.1. The third-order valence-corrected chi connectivity index (χ3v) is 2.76. The largest absolute Gasteiger partial charge is 0.392 e. The van der Waals surface area contributed by atoms with Crippen LogP contribution >= 0.6 is 0 Å². The van der Waals surface area contributed by atoms with Gasteiger partial charge in [-0.05, 0) is 17.7 Å². The Morgan fingerprint density at radius 3 is 2.95 bits per heavy atom. The highest BCUT2D eigenvalue weighted by atomic mass is 16.5. The predicted molar refractivity (Wildman–Crippen MR) is 69.6 cm³/mol. The Morgan fingerprint density at radius 1 is 1.50 bits per heavy atom. The molecule has 0 unspecified atom stereocenters. The SMILES string of the molecule is CCc1nc(CN(C)C(=O)c2cc(CO)ccn2)no1. The first-order valence-electron chi connectivity index (χ1n) is 6.26. The second-order valence-electron chi connectivity index (χ2n) is 4.33. The number of aromatic nitrogens is 3. The van der Waals surface area contributed by atoms with Crippen LogP contribution in [-0.2, 0) is 19.6 Å². The van der Waals surface area contributed by atoms with Crippen molar-refractivity contribution in [2.24, 2.45) is 0 Å². The smallest absolute Gasteiger partial charge is 0.272 e. The van der Waals surface area contributed by atoms with E-state index in [1.165, 1.54) is 11.1 Å². The fraction of sp³-hybridized carbons (Fsp3) is 0.385. The normalized spacial score (nSPS) is 10.6. The summed E-state index contributed by atoms with van der Waals surface area (Å²) in [6, 6.07) is 3.22. The fourth-order valence-corrected chi connectivity index (χ4v) is 1.67. The van der Waals surface area contributed by atoms with Crippen molar-refractivity contribution in [1.29, 1.82) is 0 Å². The van der Waals surface area contributed by atoms with E-state index in [0.717, 1.165) is 0 Å². The molecule has 7 heteroatoms. The number of aliphatic hydroxyl groups excluding tert-OH is 1. The van der Waals surface area contributed by atoms with E-state index in [1.807, 2.05) is 6.92 Å². The Hall–Kier alpha value is -2.28. The topological polar surface area (TPSA) is 92.4 Å². The summed E-state index contributed by atoms with van der Waals surface area (Å²) in [6.45, 7) is 2.03. The van der Waals surface area contributed by atoms with Gasteiger partial charge in [0.15, 0.2) is 5.82 Å². The molecule has 0 atom stereocenters. The first-order valence-corrected chi connectivity index (χ1v) is 6.26. The Kier molecular flexibility index (Phi) is 4.41. The van der Waals surface area contributed by atoms with E-state index in [0.29, 0.717) is 23.7 Å². The molecule has 0 saturated carbocycles. The standard InChI is InChI=1S/C13H16N4O3/c1-3-12-15-11(16-20-12)7-17(2)13(19)10-6-9(8-18)4-5-14-10/h4-6,18H,3,7-8H2,1-2H3. The Morgan fingerprint density at radius 2 is 2.30 bits per heavy atom. The summed E-state index contributed by atoms with van der Waals surface area (Å²) >= 11 is 0. The van der Waals surface area contributed by atoms with Gasteiger partial charge in [-0.15, -0.1) is 0 Å². The number of aryl methyl sites for hydroxylation is 1. The lowest BCUT2D eigenvalue weighted by Gasteiger charge is -2.14. The van der Waals surface area contributed by atoms with Crippen molar-refractivity contribution in [3.63, 3.8) is 0 Å². The number of pyridine rings is 1. The van der Waals surface area contributed by atoms with Crippen LogP contribution in [0.25, 0.3) is 0 Å². The van der Waals surface area contributed by atoms with Crippen molar-refractivity contribution in [1.82, 2.24) is 20.0 Å². The molecule has 0 fully saturated rings. The Bertz CT molecular complexity index is 597. The molecule has 20 heavy (non-hydrogen) atoms. The molecular formula is C13H16N4O3. The van der Waals surface area contributed by atoms with Crippen molar-refractivity contribution in [2.75, 3.05) is 7.05 Å². The molecule has 0 aliphatic rings. The first-order chi connectivity index (χ1) is 9.63. The summed E-state index contributed by atoms with van der Waals surface area (Å²) in [7, 11) is 1.64. The van der Waals surface area contributed by atoms with Crippen LogP contribution < -0.4 is 0 Å². The van der Waals surface area contributed by atoms with Gasteiger partial charge in [-0.2, -0.15) is 4.98 Å². The second-order valence-corrected chi connectivity index (χ2v) is 4.33. The van der Waals surface area contributed by atoms with Crippen molar-refractivity contribution in [2.45, 2.75) is 26.5 Å². The molecule has 0 aliphatic heterocycles. The van der Waals surface area contributed by atoms with Gasteiger partial charge in [-0.1, -0.05) is 12.1 Å². The van der Waals surface area contributed by atoms with Crippen LogP contribution in [0.3, 0.4) is 0 Å². The summed E-state index contributed by atoms with van der Waals surface area (Å²) in [4.78, 5) is 21.8. The number of nitrogens with zero attached hydrogens (tertiary/aromatic N) is 4. The maximum absolute atomic E-state index is 12.2. The van der Waals surface area contributed by atoms with Crippen molar-refractivity contribution in [3.8, 4) is 0 Å². The van der Waals surface area contributed by atoms with Gasteiger partial charge in [0.1, 0.15) is 5.69 Å². The molecule has 7 nitrogen and oxygen atoms in total. The van der Waals surface area contributed by atoms with Crippen LogP contribution in [0.4, 0.5) is 0 Å². The average molecular weight is 276 g/mol. The van der Waals surface area contributed by atoms with Gasteiger partial charge in [0, 0.05) is 19.7 Å². The number of amides is 1. The van der Waals surface area contributed by atoms with Gasteiger partial charge in [0.05, 0.1) is 13.2 Å². The summed E-state index contributed by atoms with van der Waals surface area (Å²) in [5, 5.41) is 12.9. The molecule has 0 spiro atoms. The van der Waals surface area contributed by atoms with E-state index in [2.05, 4.69) is 15.1 Å². The van der Waals surface area contributed by atoms with E-state index in [9.17, 15) is 4.79 Å². The highest BCUT2D eigenvalue weighted by molar-refractivity contribution is 5.92. The number of carbonyl (C=O) groups excluding carboxylic acids is 1. The maximum Gasteiger partial charge on any atom is 0.272 e. The second kappa shape index (κ2) is 6.25. The molecule has 0 radical (unpaired) electrons. The highest BCUT2D eigenvalue weighted by Crippen LogP contribution is 2.07. The van der Waals surface area contributed by atoms with E-state index < -0.39 is 0 Å². The number of hydrogen-bond donors (Lipinski definition) is 1. The van der Waals surface area contributed by atoms with Crippen molar-refractivity contribution >= 4 is 5.91 Å². The summed E-state index contributed by atoms with van der Waals surface area (Å²) in [5.41, 5.74) is 0.919. The number of aliphatic hydroxyl groups is 1. The minimum Gasteiger partial charge on any atom is -0.392 e. The third kappa shape index (κ3) is 3.18. The summed E-state index contributed by atoms with van der Waals surface area (Å²) in [5.74, 6) is 0.736. The summed E-state index contributed by atoms with van der Waals surface area (Å²) < 4.78 is 4.99. The fourth-order valence-electron chi connectivity index (χ4n) is 1.67. The van der Waals surface area contributed by atoms with Gasteiger partial charge in [-0.25, -0.2) is 0 Å². The molecule has 106 valence electrons. The quantitative estimate of drug-likeness (QED) is 0.868. The van der Waals surface area contributed by atoms with Gasteiger partial charge < -0.3 is 14.5 Å². The van der Waals surface area contributed by atoms with Crippen LogP contribution in [0.15, 0.2) is 22.9 Å². The molecular weight excluding hydrogens is 260 g/mol. The highest BCUT2D eigenvalue weighted by Gasteiger charge is 2.16.